The second kappa shape index (κ2) is 7.38. The Bertz CT molecular complexity index is 502. The minimum absolute atomic E-state index is 0.0770. The molecule has 0 aliphatic rings. The first kappa shape index (κ1) is 20.8. The molecule has 130 valence electrons. The van der Waals surface area contributed by atoms with Crippen molar-refractivity contribution in [1.29, 1.82) is 0 Å². The molecule has 0 spiro atoms. The van der Waals surface area contributed by atoms with E-state index in [1.807, 2.05) is 0 Å². The summed E-state index contributed by atoms with van der Waals surface area (Å²) in [5.41, 5.74) is -1.00. The Kier molecular flexibility index (Phi) is 6.98. The maximum Gasteiger partial charge on any atom is 0.317 e. The maximum absolute atomic E-state index is 11.6. The Hall–Kier alpha value is -1.19. The second-order valence-corrected chi connectivity index (χ2v) is 7.89. The molecule has 0 aromatic carbocycles. The van der Waals surface area contributed by atoms with Crippen LogP contribution in [0, 0.1) is 0 Å². The minimum atomic E-state index is -4.37. The number of hydrogen-bond donors (Lipinski definition) is 3. The zero-order chi connectivity index (χ0) is 17.8. The Morgan fingerprint density at radius 1 is 1.00 bits per heavy atom. The van der Waals surface area contributed by atoms with E-state index in [-0.39, 0.29) is 12.8 Å². The van der Waals surface area contributed by atoms with E-state index >= 15 is 0 Å². The van der Waals surface area contributed by atoms with Gasteiger partial charge in [-0.3, -0.25) is 19.0 Å². The van der Waals surface area contributed by atoms with E-state index in [0.29, 0.717) is 6.42 Å². The van der Waals surface area contributed by atoms with Crippen molar-refractivity contribution in [1.82, 2.24) is 4.90 Å². The highest BCUT2D eigenvalue weighted by molar-refractivity contribution is 7.87. The minimum Gasteiger partial charge on any atom is -0.480 e. The molecule has 2 unspecified atom stereocenters. The normalized spacial score (nSPS) is 17.7. The average Bonchev–Trinajstić information content (AvgIpc) is 2.35. The van der Waals surface area contributed by atoms with E-state index in [4.69, 9.17) is 10.2 Å². The van der Waals surface area contributed by atoms with Crippen molar-refractivity contribution in [3.05, 3.63) is 0 Å². The summed E-state index contributed by atoms with van der Waals surface area (Å²) in [4.78, 5) is 23.2. The molecule has 9 heteroatoms. The molecule has 0 heterocycles. The van der Waals surface area contributed by atoms with Gasteiger partial charge in [0.25, 0.3) is 10.1 Å². The van der Waals surface area contributed by atoms with Gasteiger partial charge in [0.05, 0.1) is 17.8 Å². The van der Waals surface area contributed by atoms with Crippen LogP contribution in [0.2, 0.25) is 0 Å². The molecular formula is C13H25NO7S. The Morgan fingerprint density at radius 2 is 1.41 bits per heavy atom. The number of hydrogen-bond acceptors (Lipinski definition) is 5. The Balaban J connectivity index is 5.70. The summed E-state index contributed by atoms with van der Waals surface area (Å²) in [6.07, 6.45) is 0.375. The van der Waals surface area contributed by atoms with E-state index < -0.39 is 45.4 Å². The van der Waals surface area contributed by atoms with Crippen molar-refractivity contribution in [2.75, 3.05) is 13.1 Å². The van der Waals surface area contributed by atoms with Gasteiger partial charge in [-0.2, -0.15) is 8.42 Å². The van der Waals surface area contributed by atoms with E-state index in [0.717, 1.165) is 0 Å². The molecule has 0 fully saturated rings. The van der Waals surface area contributed by atoms with E-state index in [9.17, 15) is 22.6 Å². The van der Waals surface area contributed by atoms with E-state index in [1.54, 1.807) is 20.8 Å². The molecule has 0 amide bonds. The summed E-state index contributed by atoms with van der Waals surface area (Å²) in [5.74, 6) is -2.41. The summed E-state index contributed by atoms with van der Waals surface area (Å²) in [6, 6.07) is 0. The number of rotatable bonds is 10. The topological polar surface area (TPSA) is 132 Å². The fraction of sp³-hybridized carbons (Fsp3) is 0.846. The van der Waals surface area contributed by atoms with Crippen LogP contribution in [-0.4, -0.2) is 63.4 Å². The van der Waals surface area contributed by atoms with Gasteiger partial charge in [0.15, 0.2) is 0 Å². The predicted octanol–water partition coefficient (Wildman–Crippen LogP) is 1.07. The van der Waals surface area contributed by atoms with Crippen LogP contribution < -0.4 is 0 Å². The lowest BCUT2D eigenvalue weighted by Gasteiger charge is -2.43. The van der Waals surface area contributed by atoms with Crippen LogP contribution in [0.5, 0.6) is 0 Å². The fourth-order valence-electron chi connectivity index (χ4n) is 2.43. The van der Waals surface area contributed by atoms with Gasteiger partial charge in [-0.05, 0) is 33.1 Å². The molecule has 0 saturated heterocycles. The van der Waals surface area contributed by atoms with Crippen molar-refractivity contribution in [2.45, 2.75) is 57.2 Å². The van der Waals surface area contributed by atoms with Gasteiger partial charge in [-0.15, -0.1) is 0 Å². The zero-order valence-electron chi connectivity index (χ0n) is 13.4. The number of aliphatic carboxylic acids is 2. The zero-order valence-corrected chi connectivity index (χ0v) is 14.2. The Labute approximate surface area is 130 Å². The molecule has 22 heavy (non-hydrogen) atoms. The first-order chi connectivity index (χ1) is 9.81. The largest absolute Gasteiger partial charge is 0.480 e. The lowest BCUT2D eigenvalue weighted by atomic mass is 9.84. The number of carboxylic acids is 2. The third-order valence-corrected chi connectivity index (χ3v) is 5.98. The molecular weight excluding hydrogens is 314 g/mol. The molecule has 0 aliphatic heterocycles. The molecule has 8 nitrogen and oxygen atoms in total. The fourth-order valence-corrected chi connectivity index (χ4v) is 3.29. The van der Waals surface area contributed by atoms with Gasteiger partial charge < -0.3 is 10.2 Å². The second-order valence-electron chi connectivity index (χ2n) is 5.95. The van der Waals surface area contributed by atoms with Gasteiger partial charge >= 0.3 is 11.9 Å². The highest BCUT2D eigenvalue weighted by Gasteiger charge is 2.45. The van der Waals surface area contributed by atoms with Crippen LogP contribution in [0.25, 0.3) is 0 Å². The van der Waals surface area contributed by atoms with Crippen molar-refractivity contribution >= 4 is 22.1 Å². The molecule has 0 aromatic heterocycles. The number of carbonyl (C=O) groups is 2. The van der Waals surface area contributed by atoms with Gasteiger partial charge in [0.1, 0.15) is 0 Å². The summed E-state index contributed by atoms with van der Waals surface area (Å²) in [5, 5.41) is 17.9. The van der Waals surface area contributed by atoms with Crippen LogP contribution in [0.1, 0.15) is 47.0 Å². The molecule has 0 bridgehead atoms. The number of nitrogens with zero attached hydrogens (tertiary/aromatic N) is 1. The molecule has 0 rings (SSSR count). The monoisotopic (exact) mass is 339 g/mol. The summed E-state index contributed by atoms with van der Waals surface area (Å²) in [7, 11) is -4.37. The quantitative estimate of drug-likeness (QED) is 0.504. The molecule has 0 aliphatic carbocycles. The SMILES string of the molecule is CCC(C)(CC(C)(CC)S(=O)(=O)O)N(CC(=O)O)CC(=O)O. The van der Waals surface area contributed by atoms with Crippen LogP contribution in [0.3, 0.4) is 0 Å². The molecule has 0 saturated carbocycles. The molecule has 2 atom stereocenters. The van der Waals surface area contributed by atoms with Crippen molar-refractivity contribution in [3.8, 4) is 0 Å². The highest BCUT2D eigenvalue weighted by Crippen LogP contribution is 2.35. The third-order valence-electron chi connectivity index (χ3n) is 4.30. The standard InChI is InChI=1S/C13H25NO7S/c1-5-12(3,9-13(4,6-2)22(19,20)21)14(7-10(15)16)8-11(17)18/h5-9H2,1-4H3,(H,15,16)(H,17,18)(H,19,20,21). The number of carboxylic acid groups (broad SMARTS) is 2. The van der Waals surface area contributed by atoms with Crippen LogP contribution in [0.15, 0.2) is 0 Å². The summed E-state index contributed by atoms with van der Waals surface area (Å²) < 4.78 is 31.3. The van der Waals surface area contributed by atoms with Crippen molar-refractivity contribution in [3.63, 3.8) is 0 Å². The molecule has 3 N–H and O–H groups in total. The first-order valence-corrected chi connectivity index (χ1v) is 8.41. The highest BCUT2D eigenvalue weighted by atomic mass is 32.2. The van der Waals surface area contributed by atoms with Crippen LogP contribution in [0.4, 0.5) is 0 Å². The smallest absolute Gasteiger partial charge is 0.317 e. The van der Waals surface area contributed by atoms with E-state index in [2.05, 4.69) is 0 Å². The summed E-state index contributed by atoms with van der Waals surface area (Å²) >= 11 is 0. The summed E-state index contributed by atoms with van der Waals surface area (Å²) in [6.45, 7) is 5.25. The lowest BCUT2D eigenvalue weighted by molar-refractivity contribution is -0.145. The predicted molar refractivity (Wildman–Crippen MR) is 80.4 cm³/mol. The third kappa shape index (κ3) is 5.22. The van der Waals surface area contributed by atoms with Gasteiger partial charge in [-0.1, -0.05) is 13.8 Å². The van der Waals surface area contributed by atoms with Gasteiger partial charge in [-0.25, -0.2) is 0 Å². The van der Waals surface area contributed by atoms with Crippen molar-refractivity contribution in [2.24, 2.45) is 0 Å². The maximum atomic E-state index is 11.6. The Morgan fingerprint density at radius 3 is 1.64 bits per heavy atom. The first-order valence-electron chi connectivity index (χ1n) is 6.97. The average molecular weight is 339 g/mol. The van der Waals surface area contributed by atoms with Crippen molar-refractivity contribution < 1.29 is 32.8 Å². The lowest BCUT2D eigenvalue weighted by Crippen LogP contribution is -2.55. The van der Waals surface area contributed by atoms with Crippen LogP contribution >= 0.6 is 0 Å². The van der Waals surface area contributed by atoms with Gasteiger partial charge in [0.2, 0.25) is 0 Å². The van der Waals surface area contributed by atoms with Crippen LogP contribution in [-0.2, 0) is 19.7 Å². The molecule has 0 aromatic rings. The molecule has 0 radical (unpaired) electrons. The van der Waals surface area contributed by atoms with E-state index in [1.165, 1.54) is 11.8 Å². The van der Waals surface area contributed by atoms with Gasteiger partial charge in [0, 0.05) is 5.54 Å².